The summed E-state index contributed by atoms with van der Waals surface area (Å²) >= 11 is 0. The van der Waals surface area contributed by atoms with Crippen molar-refractivity contribution < 1.29 is 9.59 Å². The van der Waals surface area contributed by atoms with E-state index in [1.165, 1.54) is 0 Å². The van der Waals surface area contributed by atoms with E-state index in [1.54, 1.807) is 7.05 Å². The van der Waals surface area contributed by atoms with Crippen molar-refractivity contribution in [3.8, 4) is 0 Å². The van der Waals surface area contributed by atoms with Crippen molar-refractivity contribution in [1.82, 2.24) is 10.6 Å². The minimum absolute atomic E-state index is 0.201. The van der Waals surface area contributed by atoms with Gasteiger partial charge in [0.15, 0.2) is 0 Å². The van der Waals surface area contributed by atoms with Crippen LogP contribution in [0.2, 0.25) is 0 Å². The molecule has 2 amide bonds. The summed E-state index contributed by atoms with van der Waals surface area (Å²) in [5.41, 5.74) is 5.45. The van der Waals surface area contributed by atoms with Crippen LogP contribution in [0.5, 0.6) is 0 Å². The lowest BCUT2D eigenvalue weighted by Crippen LogP contribution is -2.56. The van der Waals surface area contributed by atoms with Crippen LogP contribution in [0.25, 0.3) is 0 Å². The zero-order chi connectivity index (χ0) is 14.5. The third-order valence-corrected chi connectivity index (χ3v) is 2.72. The molecule has 0 rings (SSSR count). The van der Waals surface area contributed by atoms with Crippen molar-refractivity contribution in [2.45, 2.75) is 53.1 Å². The lowest BCUT2D eigenvalue weighted by molar-refractivity contribution is -0.132. The zero-order valence-corrected chi connectivity index (χ0v) is 12.3. The Bertz CT molecular complexity index is 295. The van der Waals surface area contributed by atoms with Crippen molar-refractivity contribution in [2.24, 2.45) is 17.1 Å². The highest BCUT2D eigenvalue weighted by atomic mass is 16.2. The van der Waals surface area contributed by atoms with Crippen LogP contribution in [0.4, 0.5) is 0 Å². The highest BCUT2D eigenvalue weighted by molar-refractivity contribution is 5.90. The minimum atomic E-state index is -0.576. The molecule has 0 unspecified atom stereocenters. The summed E-state index contributed by atoms with van der Waals surface area (Å²) in [5, 5.41) is 5.30. The van der Waals surface area contributed by atoms with Crippen molar-refractivity contribution in [3.63, 3.8) is 0 Å². The van der Waals surface area contributed by atoms with Crippen LogP contribution in [0.3, 0.4) is 0 Å². The average Bonchev–Trinajstić information content (AvgIpc) is 2.21. The van der Waals surface area contributed by atoms with E-state index in [9.17, 15) is 9.59 Å². The minimum Gasteiger partial charge on any atom is -0.357 e. The van der Waals surface area contributed by atoms with Crippen LogP contribution in [-0.4, -0.2) is 30.9 Å². The molecule has 18 heavy (non-hydrogen) atoms. The predicted molar refractivity (Wildman–Crippen MR) is 72.9 cm³/mol. The Morgan fingerprint density at radius 3 is 2.00 bits per heavy atom. The lowest BCUT2D eigenvalue weighted by Gasteiger charge is -2.31. The molecule has 106 valence electrons. The summed E-state index contributed by atoms with van der Waals surface area (Å²) in [6.45, 7) is 9.73. The number of amides is 2. The van der Waals surface area contributed by atoms with Crippen molar-refractivity contribution in [2.75, 3.05) is 7.05 Å². The first-order valence-corrected chi connectivity index (χ1v) is 6.37. The van der Waals surface area contributed by atoms with Gasteiger partial charge in [-0.3, -0.25) is 9.59 Å². The molecule has 0 aromatic rings. The number of likely N-dealkylation sites (N-methyl/N-ethyl adjacent to an activating group) is 1. The maximum Gasteiger partial charge on any atom is 0.242 e. The largest absolute Gasteiger partial charge is 0.357 e. The summed E-state index contributed by atoms with van der Waals surface area (Å²) in [6.07, 6.45) is 0.608. The van der Waals surface area contributed by atoms with Gasteiger partial charge >= 0.3 is 0 Å². The molecular formula is C13H27N3O2. The van der Waals surface area contributed by atoms with Crippen LogP contribution in [0.15, 0.2) is 0 Å². The number of carbonyl (C=O) groups excluding carboxylic acids is 2. The van der Waals surface area contributed by atoms with E-state index < -0.39 is 12.1 Å². The predicted octanol–water partition coefficient (Wildman–Crippen LogP) is 0.637. The fraction of sp³-hybridized carbons (Fsp3) is 0.846. The van der Waals surface area contributed by atoms with Gasteiger partial charge in [-0.15, -0.1) is 0 Å². The first kappa shape index (κ1) is 16.9. The highest BCUT2D eigenvalue weighted by Gasteiger charge is 2.33. The Labute approximate surface area is 110 Å². The topological polar surface area (TPSA) is 84.2 Å². The summed E-state index contributed by atoms with van der Waals surface area (Å²) in [4.78, 5) is 23.7. The molecule has 2 atom stereocenters. The van der Waals surface area contributed by atoms with E-state index in [0.717, 1.165) is 0 Å². The number of hydrogen-bond acceptors (Lipinski definition) is 3. The second-order valence-corrected chi connectivity index (χ2v) is 6.16. The van der Waals surface area contributed by atoms with E-state index in [0.29, 0.717) is 12.3 Å². The van der Waals surface area contributed by atoms with E-state index >= 15 is 0 Å². The van der Waals surface area contributed by atoms with Crippen molar-refractivity contribution >= 4 is 11.8 Å². The van der Waals surface area contributed by atoms with Gasteiger partial charge in [-0.05, 0) is 17.8 Å². The summed E-state index contributed by atoms with van der Waals surface area (Å²) < 4.78 is 0. The summed E-state index contributed by atoms with van der Waals surface area (Å²) in [6, 6.07) is -1.15. The van der Waals surface area contributed by atoms with Gasteiger partial charge in [0, 0.05) is 7.05 Å². The molecule has 0 fully saturated rings. The molecule has 0 aliphatic rings. The number of nitrogens with one attached hydrogen (secondary N) is 2. The molecule has 5 nitrogen and oxygen atoms in total. The third kappa shape index (κ3) is 5.49. The quantitative estimate of drug-likeness (QED) is 0.675. The van der Waals surface area contributed by atoms with Gasteiger partial charge in [0.1, 0.15) is 6.04 Å². The molecule has 0 aliphatic heterocycles. The first-order chi connectivity index (χ1) is 8.09. The van der Waals surface area contributed by atoms with E-state index in [-0.39, 0.29) is 17.2 Å². The molecule has 5 heteroatoms. The zero-order valence-electron chi connectivity index (χ0n) is 12.3. The molecule has 0 aromatic carbocycles. The highest BCUT2D eigenvalue weighted by Crippen LogP contribution is 2.19. The Morgan fingerprint density at radius 2 is 1.67 bits per heavy atom. The smallest absolute Gasteiger partial charge is 0.242 e. The maximum absolute atomic E-state index is 11.9. The fourth-order valence-corrected chi connectivity index (χ4v) is 1.68. The normalized spacial score (nSPS) is 15.1. The lowest BCUT2D eigenvalue weighted by atomic mass is 9.85. The molecule has 0 aromatic heterocycles. The summed E-state index contributed by atoms with van der Waals surface area (Å²) in [5.74, 6) is -0.126. The molecule has 0 heterocycles. The Hall–Kier alpha value is -1.10. The standard InChI is InChI=1S/C13H27N3O2/c1-8(2)7-9(14)11(17)16-10(12(18)15-6)13(3,4)5/h8-10H,7,14H2,1-6H3,(H,15,18)(H,16,17)/t9-,10+/m0/s1. The first-order valence-electron chi connectivity index (χ1n) is 6.37. The molecule has 0 spiro atoms. The van der Waals surface area contributed by atoms with E-state index in [1.807, 2.05) is 34.6 Å². The van der Waals surface area contributed by atoms with Crippen LogP contribution in [0, 0.1) is 11.3 Å². The number of carbonyl (C=O) groups is 2. The van der Waals surface area contributed by atoms with Crippen LogP contribution >= 0.6 is 0 Å². The van der Waals surface area contributed by atoms with Crippen LogP contribution in [-0.2, 0) is 9.59 Å². The molecule has 4 N–H and O–H groups in total. The Balaban J connectivity index is 4.69. The molecular weight excluding hydrogens is 230 g/mol. The van der Waals surface area contributed by atoms with Gasteiger partial charge < -0.3 is 16.4 Å². The molecule has 0 saturated heterocycles. The number of nitrogens with two attached hydrogens (primary N) is 1. The molecule has 0 bridgehead atoms. The monoisotopic (exact) mass is 257 g/mol. The van der Waals surface area contributed by atoms with Gasteiger partial charge in [0.05, 0.1) is 6.04 Å². The van der Waals surface area contributed by atoms with Gasteiger partial charge in [0.2, 0.25) is 11.8 Å². The van der Waals surface area contributed by atoms with Gasteiger partial charge in [-0.2, -0.15) is 0 Å². The number of rotatable bonds is 5. The van der Waals surface area contributed by atoms with Gasteiger partial charge in [0.25, 0.3) is 0 Å². The Morgan fingerprint density at radius 1 is 1.17 bits per heavy atom. The van der Waals surface area contributed by atoms with E-state index in [2.05, 4.69) is 10.6 Å². The summed E-state index contributed by atoms with van der Waals surface area (Å²) in [7, 11) is 1.56. The van der Waals surface area contributed by atoms with E-state index in [4.69, 9.17) is 5.73 Å². The molecule has 0 saturated carbocycles. The maximum atomic E-state index is 11.9. The molecule has 0 aliphatic carbocycles. The van der Waals surface area contributed by atoms with Gasteiger partial charge in [-0.25, -0.2) is 0 Å². The van der Waals surface area contributed by atoms with Crippen LogP contribution < -0.4 is 16.4 Å². The third-order valence-electron chi connectivity index (χ3n) is 2.72. The second-order valence-electron chi connectivity index (χ2n) is 6.16. The van der Waals surface area contributed by atoms with Crippen LogP contribution in [0.1, 0.15) is 41.0 Å². The fourth-order valence-electron chi connectivity index (χ4n) is 1.68. The van der Waals surface area contributed by atoms with Crippen molar-refractivity contribution in [1.29, 1.82) is 0 Å². The second kappa shape index (κ2) is 6.73. The SMILES string of the molecule is CNC(=O)[C@@H](NC(=O)[C@@H](N)CC(C)C)C(C)(C)C. The number of hydrogen-bond donors (Lipinski definition) is 3. The van der Waals surface area contributed by atoms with Gasteiger partial charge in [-0.1, -0.05) is 34.6 Å². The molecule has 0 radical (unpaired) electrons. The van der Waals surface area contributed by atoms with Crippen molar-refractivity contribution in [3.05, 3.63) is 0 Å². The Kier molecular flexibility index (Phi) is 6.32. The average molecular weight is 257 g/mol.